The van der Waals surface area contributed by atoms with E-state index < -0.39 is 0 Å². The second-order valence-electron chi connectivity index (χ2n) is 5.81. The lowest BCUT2D eigenvalue weighted by Gasteiger charge is -2.10. The summed E-state index contributed by atoms with van der Waals surface area (Å²) >= 11 is 0. The number of hydrogen-bond donors (Lipinski definition) is 1. The molecule has 0 aliphatic carbocycles. The van der Waals surface area contributed by atoms with Crippen LogP contribution in [0.5, 0.6) is 0 Å². The molecule has 1 amide bonds. The summed E-state index contributed by atoms with van der Waals surface area (Å²) < 4.78 is 0. The quantitative estimate of drug-likeness (QED) is 0.808. The fraction of sp³-hybridized carbons (Fsp3) is 0.250. The number of nitrogens with one attached hydrogen (secondary N) is 1. The molecule has 1 aliphatic rings. The molecule has 0 unspecified atom stereocenters. The van der Waals surface area contributed by atoms with Crippen LogP contribution in [-0.4, -0.2) is 16.6 Å². The minimum Gasteiger partial charge on any atom is -0.361 e. The number of hydrazone groups is 1. The molecule has 1 aromatic heterocycles. The summed E-state index contributed by atoms with van der Waals surface area (Å²) in [5.41, 5.74) is 3.61. The first kappa shape index (κ1) is 16.9. The van der Waals surface area contributed by atoms with Gasteiger partial charge in [0, 0.05) is 18.1 Å². The van der Waals surface area contributed by atoms with Crippen LogP contribution in [0.25, 0.3) is 0 Å². The molecule has 3 rings (SSSR count). The number of rotatable bonds is 6. The Kier molecular flexibility index (Phi) is 5.23. The van der Waals surface area contributed by atoms with Gasteiger partial charge in [0.1, 0.15) is 0 Å². The smallest absolute Gasteiger partial charge is 0.283 e. The molecule has 0 saturated carbocycles. The molecule has 1 N–H and O–H groups in total. The molecule has 1 aromatic carbocycles. The third-order valence-electron chi connectivity index (χ3n) is 4.08. The van der Waals surface area contributed by atoms with Gasteiger partial charge in [-0.2, -0.15) is 10.1 Å². The van der Waals surface area contributed by atoms with E-state index >= 15 is 0 Å². The highest BCUT2D eigenvalue weighted by atomic mass is 16.2. The van der Waals surface area contributed by atoms with Gasteiger partial charge in [-0.3, -0.25) is 4.79 Å². The van der Waals surface area contributed by atoms with Crippen molar-refractivity contribution in [1.82, 2.24) is 4.98 Å². The SMILES string of the molecule is CCCC1=NN(c2ccccn2)C(=O)/C1=C\Nc1ccccc1CC. The van der Waals surface area contributed by atoms with Crippen LogP contribution >= 0.6 is 0 Å². The van der Waals surface area contributed by atoms with Crippen molar-refractivity contribution < 1.29 is 4.79 Å². The molecule has 0 bridgehead atoms. The number of para-hydroxylation sites is 1. The van der Waals surface area contributed by atoms with Gasteiger partial charge in [-0.15, -0.1) is 0 Å². The van der Waals surface area contributed by atoms with Crippen LogP contribution in [0, 0.1) is 0 Å². The Bertz CT molecular complexity index is 811. The number of anilines is 2. The van der Waals surface area contributed by atoms with Crippen molar-refractivity contribution in [3.63, 3.8) is 0 Å². The number of aryl methyl sites for hydroxylation is 1. The Morgan fingerprint density at radius 3 is 2.64 bits per heavy atom. The summed E-state index contributed by atoms with van der Waals surface area (Å²) in [7, 11) is 0. The number of hydrogen-bond acceptors (Lipinski definition) is 4. The molecule has 0 radical (unpaired) electrons. The fourth-order valence-electron chi connectivity index (χ4n) is 2.78. The molecule has 0 spiro atoms. The van der Waals surface area contributed by atoms with Crippen molar-refractivity contribution in [3.05, 3.63) is 66.0 Å². The van der Waals surface area contributed by atoms with E-state index in [9.17, 15) is 4.79 Å². The molecule has 2 aromatic rings. The summed E-state index contributed by atoms with van der Waals surface area (Å²) in [6, 6.07) is 13.6. The van der Waals surface area contributed by atoms with Crippen LogP contribution < -0.4 is 10.3 Å². The van der Waals surface area contributed by atoms with Crippen LogP contribution in [0.2, 0.25) is 0 Å². The molecule has 128 valence electrons. The van der Waals surface area contributed by atoms with E-state index in [1.165, 1.54) is 10.6 Å². The van der Waals surface area contributed by atoms with Gasteiger partial charge in [0.2, 0.25) is 0 Å². The van der Waals surface area contributed by atoms with Crippen LogP contribution in [0.4, 0.5) is 11.5 Å². The molecule has 5 nitrogen and oxygen atoms in total. The number of nitrogens with zero attached hydrogens (tertiary/aromatic N) is 3. The summed E-state index contributed by atoms with van der Waals surface area (Å²) in [5.74, 6) is 0.391. The van der Waals surface area contributed by atoms with Crippen molar-refractivity contribution in [3.8, 4) is 0 Å². The standard InChI is InChI=1S/C20H22N4O/c1-3-9-18-16(14-22-17-11-6-5-10-15(17)4-2)20(25)24(23-18)19-12-7-8-13-21-19/h5-8,10-14,22H,3-4,9H2,1-2H3/b16-14-. The molecule has 1 aliphatic heterocycles. The predicted octanol–water partition coefficient (Wildman–Crippen LogP) is 4.14. The maximum Gasteiger partial charge on any atom is 0.283 e. The Morgan fingerprint density at radius 1 is 1.12 bits per heavy atom. The van der Waals surface area contributed by atoms with Gasteiger partial charge in [0.05, 0.1) is 11.3 Å². The number of amides is 1. The van der Waals surface area contributed by atoms with E-state index in [0.29, 0.717) is 11.4 Å². The molecule has 5 heteroatoms. The Labute approximate surface area is 148 Å². The van der Waals surface area contributed by atoms with Crippen LogP contribution in [-0.2, 0) is 11.2 Å². The molecular weight excluding hydrogens is 312 g/mol. The number of pyridine rings is 1. The second-order valence-corrected chi connectivity index (χ2v) is 5.81. The third-order valence-corrected chi connectivity index (χ3v) is 4.08. The van der Waals surface area contributed by atoms with Gasteiger partial charge in [-0.05, 0) is 36.6 Å². The number of aromatic nitrogens is 1. The monoisotopic (exact) mass is 334 g/mol. The van der Waals surface area contributed by atoms with Crippen molar-refractivity contribution in [2.75, 3.05) is 10.3 Å². The lowest BCUT2D eigenvalue weighted by atomic mass is 10.1. The van der Waals surface area contributed by atoms with Crippen molar-refractivity contribution in [1.29, 1.82) is 0 Å². The first-order valence-corrected chi connectivity index (χ1v) is 8.62. The maximum absolute atomic E-state index is 12.8. The number of carbonyl (C=O) groups is 1. The van der Waals surface area contributed by atoms with Gasteiger partial charge in [0.25, 0.3) is 5.91 Å². The molecular formula is C20H22N4O. The summed E-state index contributed by atoms with van der Waals surface area (Å²) in [6.07, 6.45) is 6.03. The van der Waals surface area contributed by atoms with Gasteiger partial charge in [-0.25, -0.2) is 4.98 Å². The Hall–Kier alpha value is -2.95. The minimum absolute atomic E-state index is 0.149. The lowest BCUT2D eigenvalue weighted by Crippen LogP contribution is -2.22. The molecule has 25 heavy (non-hydrogen) atoms. The largest absolute Gasteiger partial charge is 0.361 e. The maximum atomic E-state index is 12.8. The van der Waals surface area contributed by atoms with E-state index in [1.54, 1.807) is 18.5 Å². The van der Waals surface area contributed by atoms with Gasteiger partial charge < -0.3 is 5.32 Å². The number of benzene rings is 1. The highest BCUT2D eigenvalue weighted by Gasteiger charge is 2.31. The van der Waals surface area contributed by atoms with Crippen LogP contribution in [0.1, 0.15) is 32.3 Å². The topological polar surface area (TPSA) is 57.6 Å². The minimum atomic E-state index is -0.149. The third kappa shape index (κ3) is 3.60. The van der Waals surface area contributed by atoms with Crippen molar-refractivity contribution in [2.45, 2.75) is 33.1 Å². The second kappa shape index (κ2) is 7.75. The molecule has 2 heterocycles. The van der Waals surface area contributed by atoms with Gasteiger partial charge >= 0.3 is 0 Å². The summed E-state index contributed by atoms with van der Waals surface area (Å²) in [5, 5.41) is 9.16. The Balaban J connectivity index is 1.89. The van der Waals surface area contributed by atoms with E-state index in [2.05, 4.69) is 35.3 Å². The summed E-state index contributed by atoms with van der Waals surface area (Å²) in [6.45, 7) is 4.19. The van der Waals surface area contributed by atoms with Crippen LogP contribution in [0.15, 0.2) is 65.5 Å². The van der Waals surface area contributed by atoms with Gasteiger partial charge in [0.15, 0.2) is 5.82 Å². The molecule has 0 fully saturated rings. The van der Waals surface area contributed by atoms with Crippen molar-refractivity contribution in [2.24, 2.45) is 5.10 Å². The van der Waals surface area contributed by atoms with Gasteiger partial charge in [-0.1, -0.05) is 44.5 Å². The highest BCUT2D eigenvalue weighted by molar-refractivity contribution is 6.30. The van der Waals surface area contributed by atoms with E-state index in [0.717, 1.165) is 30.7 Å². The van der Waals surface area contributed by atoms with E-state index in [1.807, 2.05) is 30.3 Å². The Morgan fingerprint density at radius 2 is 1.92 bits per heavy atom. The first-order chi connectivity index (χ1) is 12.2. The zero-order chi connectivity index (χ0) is 17.6. The lowest BCUT2D eigenvalue weighted by molar-refractivity contribution is -0.114. The first-order valence-electron chi connectivity index (χ1n) is 8.62. The van der Waals surface area contributed by atoms with E-state index in [-0.39, 0.29) is 5.91 Å². The molecule has 0 atom stereocenters. The fourth-order valence-corrected chi connectivity index (χ4v) is 2.78. The normalized spacial score (nSPS) is 15.6. The van der Waals surface area contributed by atoms with E-state index in [4.69, 9.17) is 0 Å². The molecule has 0 saturated heterocycles. The average Bonchev–Trinajstić information content (AvgIpc) is 2.97. The van der Waals surface area contributed by atoms with Crippen LogP contribution in [0.3, 0.4) is 0 Å². The average molecular weight is 334 g/mol. The summed E-state index contributed by atoms with van der Waals surface area (Å²) in [4.78, 5) is 17.1. The number of carbonyl (C=O) groups excluding carboxylic acids is 1. The zero-order valence-corrected chi connectivity index (χ0v) is 14.6. The zero-order valence-electron chi connectivity index (χ0n) is 14.6. The van der Waals surface area contributed by atoms with Crippen molar-refractivity contribution >= 4 is 23.1 Å². The predicted molar refractivity (Wildman–Crippen MR) is 102 cm³/mol. The highest BCUT2D eigenvalue weighted by Crippen LogP contribution is 2.24.